The van der Waals surface area contributed by atoms with Crippen molar-refractivity contribution in [1.29, 1.82) is 0 Å². The first-order chi connectivity index (χ1) is 13.9. The molecule has 2 rings (SSSR count). The molecule has 0 radical (unpaired) electrons. The van der Waals surface area contributed by atoms with Gasteiger partial charge in [0.15, 0.2) is 5.96 Å². The number of guanidine groups is 1. The number of halogens is 3. The first kappa shape index (κ1) is 25.6. The molecule has 0 bridgehead atoms. The van der Waals surface area contributed by atoms with Crippen LogP contribution in [0.15, 0.2) is 53.5 Å². The Morgan fingerprint density at radius 1 is 1.07 bits per heavy atom. The number of hydrogen-bond acceptors (Lipinski definition) is 3. The lowest BCUT2D eigenvalue weighted by atomic mass is 10.1. The molecule has 2 aromatic carbocycles. The summed E-state index contributed by atoms with van der Waals surface area (Å²) in [5, 5.41) is 6.36. The number of rotatable bonds is 8. The Kier molecular flexibility index (Phi) is 11.1. The monoisotopic (exact) mass is 532 g/mol. The van der Waals surface area contributed by atoms with E-state index in [1.807, 2.05) is 18.2 Å². The number of amides is 1. The number of hydrogen-bond donors (Lipinski definition) is 2. The molecule has 0 aliphatic heterocycles. The van der Waals surface area contributed by atoms with Gasteiger partial charge in [-0.3, -0.25) is 9.79 Å². The smallest absolute Gasteiger partial charge is 0.272 e. The van der Waals surface area contributed by atoms with E-state index in [9.17, 15) is 13.6 Å². The van der Waals surface area contributed by atoms with Crippen LogP contribution in [0.5, 0.6) is 5.75 Å². The van der Waals surface area contributed by atoms with Crippen LogP contribution >= 0.6 is 24.0 Å². The molecule has 0 atom stereocenters. The summed E-state index contributed by atoms with van der Waals surface area (Å²) in [7, 11) is 5.10. The molecule has 0 heterocycles. The fraction of sp³-hybridized carbons (Fsp3) is 0.333. The van der Waals surface area contributed by atoms with Crippen LogP contribution in [0, 0.1) is 0 Å². The summed E-state index contributed by atoms with van der Waals surface area (Å²) in [5.74, 6) is 0.957. The zero-order valence-electron chi connectivity index (χ0n) is 17.2. The topological polar surface area (TPSA) is 66.0 Å². The van der Waals surface area contributed by atoms with Gasteiger partial charge in [0.25, 0.3) is 12.3 Å². The van der Waals surface area contributed by atoms with E-state index in [0.717, 1.165) is 11.1 Å². The Bertz CT molecular complexity index is 830. The number of nitrogens with one attached hydrogen (secondary N) is 2. The summed E-state index contributed by atoms with van der Waals surface area (Å²) in [6.45, 7) is 0.370. The average Bonchev–Trinajstić information content (AvgIpc) is 2.72. The molecule has 2 aromatic rings. The second-order valence-corrected chi connectivity index (χ2v) is 6.53. The standard InChI is InChI=1S/C21H26F2N4O2.HI/c1-24-21(25-12-15-7-9-17(10-8-15)20(28)27(2)3)26-13-16-5-4-6-18(11-16)29-14-19(22)23;/h4-11,19H,12-14H2,1-3H3,(H2,24,25,26);1H. The van der Waals surface area contributed by atoms with Crippen molar-refractivity contribution < 1.29 is 18.3 Å². The highest BCUT2D eigenvalue weighted by Crippen LogP contribution is 2.14. The molecule has 0 fully saturated rings. The maximum Gasteiger partial charge on any atom is 0.272 e. The van der Waals surface area contributed by atoms with E-state index in [1.165, 1.54) is 4.90 Å². The fourth-order valence-electron chi connectivity index (χ4n) is 2.52. The van der Waals surface area contributed by atoms with E-state index in [2.05, 4.69) is 15.6 Å². The van der Waals surface area contributed by atoms with Crippen LogP contribution in [-0.2, 0) is 13.1 Å². The summed E-state index contributed by atoms with van der Waals surface area (Å²) < 4.78 is 29.6. The Morgan fingerprint density at radius 2 is 1.70 bits per heavy atom. The molecule has 0 saturated carbocycles. The molecule has 1 amide bonds. The van der Waals surface area contributed by atoms with Crippen molar-refractivity contribution in [3.8, 4) is 5.75 Å². The van der Waals surface area contributed by atoms with Crippen molar-refractivity contribution in [3.63, 3.8) is 0 Å². The van der Waals surface area contributed by atoms with Crippen molar-refractivity contribution in [2.75, 3.05) is 27.7 Å². The van der Waals surface area contributed by atoms with E-state index < -0.39 is 13.0 Å². The minimum absolute atomic E-state index is 0. The predicted molar refractivity (Wildman–Crippen MR) is 125 cm³/mol. The minimum Gasteiger partial charge on any atom is -0.488 e. The van der Waals surface area contributed by atoms with Gasteiger partial charge in [0.1, 0.15) is 12.4 Å². The van der Waals surface area contributed by atoms with Crippen molar-refractivity contribution in [2.24, 2.45) is 4.99 Å². The molecule has 0 aliphatic carbocycles. The number of benzene rings is 2. The van der Waals surface area contributed by atoms with Crippen LogP contribution < -0.4 is 15.4 Å². The van der Waals surface area contributed by atoms with Crippen LogP contribution in [0.1, 0.15) is 21.5 Å². The molecule has 0 spiro atoms. The Morgan fingerprint density at radius 3 is 2.27 bits per heavy atom. The highest BCUT2D eigenvalue weighted by Gasteiger charge is 2.08. The molecular formula is C21H27F2IN4O2. The van der Waals surface area contributed by atoms with Crippen molar-refractivity contribution >= 4 is 35.8 Å². The first-order valence-corrected chi connectivity index (χ1v) is 9.14. The second kappa shape index (κ2) is 13.0. The Labute approximate surface area is 192 Å². The average molecular weight is 532 g/mol. The second-order valence-electron chi connectivity index (χ2n) is 6.53. The van der Waals surface area contributed by atoms with E-state index >= 15 is 0 Å². The number of nitrogens with zero attached hydrogens (tertiary/aromatic N) is 2. The molecule has 2 N–H and O–H groups in total. The summed E-state index contributed by atoms with van der Waals surface area (Å²) in [4.78, 5) is 17.6. The number of ether oxygens (including phenoxy) is 1. The summed E-state index contributed by atoms with van der Waals surface area (Å²) in [5.41, 5.74) is 2.52. The van der Waals surface area contributed by atoms with Crippen molar-refractivity contribution in [2.45, 2.75) is 19.5 Å². The molecule has 6 nitrogen and oxygen atoms in total. The molecule has 0 saturated heterocycles. The maximum atomic E-state index is 12.3. The van der Waals surface area contributed by atoms with Crippen LogP contribution in [0.25, 0.3) is 0 Å². The molecule has 0 aromatic heterocycles. The largest absolute Gasteiger partial charge is 0.488 e. The molecule has 0 aliphatic rings. The fourth-order valence-corrected chi connectivity index (χ4v) is 2.52. The quantitative estimate of drug-likeness (QED) is 0.311. The lowest BCUT2D eigenvalue weighted by molar-refractivity contribution is 0.0817. The van der Waals surface area contributed by atoms with Gasteiger partial charge in [-0.15, -0.1) is 24.0 Å². The van der Waals surface area contributed by atoms with Gasteiger partial charge in [-0.1, -0.05) is 24.3 Å². The van der Waals surface area contributed by atoms with Crippen LogP contribution in [0.3, 0.4) is 0 Å². The molecule has 164 valence electrons. The molecule has 30 heavy (non-hydrogen) atoms. The van der Waals surface area contributed by atoms with E-state index in [4.69, 9.17) is 4.74 Å². The predicted octanol–water partition coefficient (Wildman–Crippen LogP) is 3.52. The molecular weight excluding hydrogens is 505 g/mol. The maximum absolute atomic E-state index is 12.3. The van der Waals surface area contributed by atoms with E-state index in [1.54, 1.807) is 51.5 Å². The number of aliphatic imine (C=N–C) groups is 1. The third kappa shape index (κ3) is 8.52. The van der Waals surface area contributed by atoms with Crippen LogP contribution in [-0.4, -0.2) is 50.9 Å². The van der Waals surface area contributed by atoms with Gasteiger partial charge < -0.3 is 20.3 Å². The minimum atomic E-state index is -2.50. The Balaban J connectivity index is 0.00000450. The van der Waals surface area contributed by atoms with Crippen molar-refractivity contribution in [1.82, 2.24) is 15.5 Å². The normalized spacial score (nSPS) is 10.9. The zero-order valence-corrected chi connectivity index (χ0v) is 19.5. The number of carbonyl (C=O) groups excluding carboxylic acids is 1. The van der Waals surface area contributed by atoms with Gasteiger partial charge >= 0.3 is 0 Å². The molecule has 9 heteroatoms. The van der Waals surface area contributed by atoms with Crippen LogP contribution in [0.4, 0.5) is 8.78 Å². The first-order valence-electron chi connectivity index (χ1n) is 9.14. The number of carbonyl (C=O) groups is 1. The lowest BCUT2D eigenvalue weighted by Crippen LogP contribution is -2.36. The zero-order chi connectivity index (χ0) is 21.2. The summed E-state index contributed by atoms with van der Waals surface area (Å²) >= 11 is 0. The number of alkyl halides is 2. The van der Waals surface area contributed by atoms with Crippen molar-refractivity contribution in [3.05, 3.63) is 65.2 Å². The lowest BCUT2D eigenvalue weighted by Gasteiger charge is -2.14. The Hall–Kier alpha value is -2.43. The SMILES string of the molecule is CN=C(NCc1ccc(C(=O)N(C)C)cc1)NCc1cccc(OCC(F)F)c1.I. The summed E-state index contributed by atoms with van der Waals surface area (Å²) in [6, 6.07) is 14.3. The van der Waals surface area contributed by atoms with Gasteiger partial charge in [0.2, 0.25) is 0 Å². The molecule has 0 unspecified atom stereocenters. The third-order valence-electron chi connectivity index (χ3n) is 4.03. The van der Waals surface area contributed by atoms with Gasteiger partial charge in [-0.05, 0) is 35.4 Å². The van der Waals surface area contributed by atoms with Gasteiger partial charge in [-0.25, -0.2) is 8.78 Å². The van der Waals surface area contributed by atoms with E-state index in [0.29, 0.717) is 30.4 Å². The van der Waals surface area contributed by atoms with Gasteiger partial charge in [0.05, 0.1) is 0 Å². The van der Waals surface area contributed by atoms with Gasteiger partial charge in [-0.2, -0.15) is 0 Å². The van der Waals surface area contributed by atoms with Crippen LogP contribution in [0.2, 0.25) is 0 Å². The summed E-state index contributed by atoms with van der Waals surface area (Å²) in [6.07, 6.45) is -2.50. The highest BCUT2D eigenvalue weighted by molar-refractivity contribution is 14.0. The highest BCUT2D eigenvalue weighted by atomic mass is 127. The van der Waals surface area contributed by atoms with Gasteiger partial charge in [0, 0.05) is 39.8 Å². The third-order valence-corrected chi connectivity index (χ3v) is 4.03. The van der Waals surface area contributed by atoms with E-state index in [-0.39, 0.29) is 29.9 Å².